The Hall–Kier alpha value is -1.96. The van der Waals surface area contributed by atoms with E-state index in [2.05, 4.69) is 29.4 Å². The molecule has 1 atom stereocenters. The lowest BCUT2D eigenvalue weighted by molar-refractivity contribution is -0.120. The van der Waals surface area contributed by atoms with Gasteiger partial charge in [-0.15, -0.1) is 10.2 Å². The van der Waals surface area contributed by atoms with Crippen LogP contribution >= 0.6 is 35.0 Å². The number of carbonyl (C=O) groups excluding carboxylic acids is 1. The van der Waals surface area contributed by atoms with Crippen LogP contribution in [0.2, 0.25) is 10.0 Å². The van der Waals surface area contributed by atoms with Crippen LogP contribution in [0.1, 0.15) is 26.5 Å². The van der Waals surface area contributed by atoms with E-state index in [9.17, 15) is 4.79 Å². The molecule has 0 fully saturated rings. The first-order chi connectivity index (χ1) is 13.8. The molecule has 1 unspecified atom stereocenters. The first-order valence-electron chi connectivity index (χ1n) is 9.20. The molecule has 1 aromatic carbocycles. The first-order valence-corrected chi connectivity index (χ1v) is 10.8. The van der Waals surface area contributed by atoms with Gasteiger partial charge in [0.05, 0.1) is 23.1 Å². The molecule has 2 aromatic heterocycles. The lowest BCUT2D eigenvalue weighted by Crippen LogP contribution is -2.30. The minimum atomic E-state index is -0.353. The Bertz CT molecular complexity index is 973. The van der Waals surface area contributed by atoms with Crippen molar-refractivity contribution in [1.29, 1.82) is 0 Å². The van der Waals surface area contributed by atoms with Gasteiger partial charge in [-0.1, -0.05) is 48.8 Å². The molecule has 9 heteroatoms. The van der Waals surface area contributed by atoms with Gasteiger partial charge in [0.2, 0.25) is 5.91 Å². The number of halogens is 2. The van der Waals surface area contributed by atoms with E-state index in [0.717, 1.165) is 5.56 Å². The molecule has 2 heterocycles. The van der Waals surface area contributed by atoms with Crippen molar-refractivity contribution in [1.82, 2.24) is 20.1 Å². The number of nitrogens with one attached hydrogen (secondary N) is 1. The lowest BCUT2D eigenvalue weighted by Gasteiger charge is -2.15. The molecule has 154 valence electrons. The average Bonchev–Trinajstić information content (AvgIpc) is 3.30. The van der Waals surface area contributed by atoms with Crippen molar-refractivity contribution in [3.63, 3.8) is 0 Å². The van der Waals surface area contributed by atoms with E-state index in [4.69, 9.17) is 27.6 Å². The molecule has 0 saturated carbocycles. The summed E-state index contributed by atoms with van der Waals surface area (Å²) in [6.07, 6.45) is 1.58. The van der Waals surface area contributed by atoms with E-state index in [0.29, 0.717) is 45.8 Å². The van der Waals surface area contributed by atoms with Gasteiger partial charge < -0.3 is 14.3 Å². The number of hydrogen-bond acceptors (Lipinski definition) is 5. The van der Waals surface area contributed by atoms with E-state index in [1.54, 1.807) is 24.5 Å². The minimum Gasteiger partial charge on any atom is -0.467 e. The van der Waals surface area contributed by atoms with E-state index >= 15 is 0 Å². The second-order valence-corrected chi connectivity index (χ2v) is 9.14. The summed E-state index contributed by atoms with van der Waals surface area (Å²) < 4.78 is 7.25. The number of carbonyl (C=O) groups is 1. The van der Waals surface area contributed by atoms with Gasteiger partial charge in [0, 0.05) is 17.1 Å². The van der Waals surface area contributed by atoms with E-state index < -0.39 is 0 Å². The van der Waals surface area contributed by atoms with Crippen molar-refractivity contribution in [3.8, 4) is 11.4 Å². The van der Waals surface area contributed by atoms with Crippen LogP contribution in [0.15, 0.2) is 46.2 Å². The highest BCUT2D eigenvalue weighted by molar-refractivity contribution is 8.00. The molecule has 0 aliphatic carbocycles. The zero-order valence-corrected chi connectivity index (χ0v) is 18.7. The van der Waals surface area contributed by atoms with Crippen molar-refractivity contribution in [3.05, 3.63) is 52.4 Å². The van der Waals surface area contributed by atoms with Crippen molar-refractivity contribution in [2.45, 2.75) is 44.3 Å². The van der Waals surface area contributed by atoms with Crippen molar-refractivity contribution in [2.75, 3.05) is 0 Å². The Balaban J connectivity index is 1.79. The SMILES string of the molecule is CC(C)Cn1c(SC(C)C(=O)NCc2ccco2)nnc1-c1ccc(Cl)cc1Cl. The molecule has 0 spiro atoms. The molecule has 0 radical (unpaired) electrons. The number of thioether (sulfide) groups is 1. The smallest absolute Gasteiger partial charge is 0.233 e. The van der Waals surface area contributed by atoms with Gasteiger partial charge in [0.25, 0.3) is 0 Å². The molecule has 29 heavy (non-hydrogen) atoms. The number of furan rings is 1. The number of aromatic nitrogens is 3. The van der Waals surface area contributed by atoms with Crippen LogP contribution < -0.4 is 5.32 Å². The van der Waals surface area contributed by atoms with Gasteiger partial charge in [0.15, 0.2) is 11.0 Å². The molecule has 3 aromatic rings. The van der Waals surface area contributed by atoms with Crippen LogP contribution in [0.3, 0.4) is 0 Å². The zero-order chi connectivity index (χ0) is 21.0. The Morgan fingerprint density at radius 3 is 2.69 bits per heavy atom. The van der Waals surface area contributed by atoms with Crippen molar-refractivity contribution < 1.29 is 9.21 Å². The van der Waals surface area contributed by atoms with Crippen molar-refractivity contribution in [2.24, 2.45) is 5.92 Å². The Morgan fingerprint density at radius 1 is 1.24 bits per heavy atom. The molecule has 3 rings (SSSR count). The van der Waals surface area contributed by atoms with Gasteiger partial charge in [-0.25, -0.2) is 0 Å². The topological polar surface area (TPSA) is 73.0 Å². The van der Waals surface area contributed by atoms with E-state index in [1.165, 1.54) is 11.8 Å². The summed E-state index contributed by atoms with van der Waals surface area (Å²) in [6, 6.07) is 8.90. The monoisotopic (exact) mass is 452 g/mol. The fourth-order valence-electron chi connectivity index (χ4n) is 2.72. The normalized spacial score (nSPS) is 12.3. The number of benzene rings is 1. The van der Waals surface area contributed by atoms with Crippen LogP contribution in [0, 0.1) is 5.92 Å². The van der Waals surface area contributed by atoms with Gasteiger partial charge >= 0.3 is 0 Å². The molecular formula is C20H22Cl2N4O2S. The highest BCUT2D eigenvalue weighted by atomic mass is 35.5. The summed E-state index contributed by atoms with van der Waals surface area (Å²) in [5.41, 5.74) is 0.756. The average molecular weight is 453 g/mol. The molecule has 0 bridgehead atoms. The summed E-state index contributed by atoms with van der Waals surface area (Å²) in [5, 5.41) is 12.9. The predicted molar refractivity (Wildman–Crippen MR) is 116 cm³/mol. The Kier molecular flexibility index (Phi) is 7.27. The van der Waals surface area contributed by atoms with Gasteiger partial charge in [-0.05, 0) is 43.2 Å². The van der Waals surface area contributed by atoms with E-state index in [-0.39, 0.29) is 11.2 Å². The largest absolute Gasteiger partial charge is 0.467 e. The minimum absolute atomic E-state index is 0.100. The van der Waals surface area contributed by atoms with Gasteiger partial charge in [-0.2, -0.15) is 0 Å². The number of nitrogens with zero attached hydrogens (tertiary/aromatic N) is 3. The summed E-state index contributed by atoms with van der Waals surface area (Å²) in [7, 11) is 0. The summed E-state index contributed by atoms with van der Waals surface area (Å²) in [4.78, 5) is 12.5. The maximum absolute atomic E-state index is 12.5. The van der Waals surface area contributed by atoms with Crippen molar-refractivity contribution >= 4 is 40.9 Å². The maximum atomic E-state index is 12.5. The fourth-order valence-corrected chi connectivity index (χ4v) is 4.09. The molecule has 1 N–H and O–H groups in total. The van der Waals surface area contributed by atoms with Crippen LogP contribution in [-0.2, 0) is 17.9 Å². The lowest BCUT2D eigenvalue weighted by atomic mass is 10.2. The Labute approximate surface area is 184 Å². The first kappa shape index (κ1) is 21.7. The van der Waals surface area contributed by atoms with Crippen LogP contribution in [-0.4, -0.2) is 25.9 Å². The second-order valence-electron chi connectivity index (χ2n) is 6.99. The van der Waals surface area contributed by atoms with Crippen LogP contribution in [0.5, 0.6) is 0 Å². The summed E-state index contributed by atoms with van der Waals surface area (Å²) >= 11 is 13.8. The number of rotatable bonds is 8. The molecule has 1 amide bonds. The third-order valence-corrected chi connectivity index (χ3v) is 5.73. The number of amides is 1. The summed E-state index contributed by atoms with van der Waals surface area (Å²) in [6.45, 7) is 7.11. The quantitative estimate of drug-likeness (QED) is 0.469. The van der Waals surface area contributed by atoms with Gasteiger partial charge in [0.1, 0.15) is 5.76 Å². The molecule has 6 nitrogen and oxygen atoms in total. The predicted octanol–water partition coefficient (Wildman–Crippen LogP) is 5.30. The fraction of sp³-hybridized carbons (Fsp3) is 0.350. The molecule has 0 aliphatic heterocycles. The highest BCUT2D eigenvalue weighted by Gasteiger charge is 2.22. The standard InChI is InChI=1S/C20H22Cl2N4O2S/c1-12(2)11-26-18(16-7-6-14(21)9-17(16)22)24-25-20(26)29-13(3)19(27)23-10-15-5-4-8-28-15/h4-9,12-13H,10-11H2,1-3H3,(H,23,27). The molecular weight excluding hydrogens is 431 g/mol. The second kappa shape index (κ2) is 9.69. The third kappa shape index (κ3) is 5.56. The van der Waals surface area contributed by atoms with Crippen LogP contribution in [0.4, 0.5) is 0 Å². The number of hydrogen-bond donors (Lipinski definition) is 1. The maximum Gasteiger partial charge on any atom is 0.233 e. The molecule has 0 aliphatic rings. The Morgan fingerprint density at radius 2 is 2.03 bits per heavy atom. The summed E-state index contributed by atoms with van der Waals surface area (Å²) in [5.74, 6) is 1.62. The zero-order valence-electron chi connectivity index (χ0n) is 16.4. The molecule has 0 saturated heterocycles. The third-order valence-electron chi connectivity index (χ3n) is 4.10. The van der Waals surface area contributed by atoms with Gasteiger partial charge in [-0.3, -0.25) is 4.79 Å². The highest BCUT2D eigenvalue weighted by Crippen LogP contribution is 2.33. The van der Waals surface area contributed by atoms with Crippen LogP contribution in [0.25, 0.3) is 11.4 Å². The van der Waals surface area contributed by atoms with E-state index in [1.807, 2.05) is 23.6 Å².